The van der Waals surface area contributed by atoms with Crippen LogP contribution in [0.15, 0.2) is 24.3 Å². The van der Waals surface area contributed by atoms with Gasteiger partial charge in [-0.2, -0.15) is 0 Å². The number of ether oxygens (including phenoxy) is 1. The number of carbonyl (C=O) groups excluding carboxylic acids is 1. The average Bonchev–Trinajstić information content (AvgIpc) is 2.58. The van der Waals surface area contributed by atoms with Crippen molar-refractivity contribution in [2.45, 2.75) is 31.3 Å². The van der Waals surface area contributed by atoms with Gasteiger partial charge in [-0.15, -0.1) is 0 Å². The number of rotatable bonds is 1. The number of hydrogen-bond donors (Lipinski definition) is 2. The third kappa shape index (κ3) is 2.24. The highest BCUT2D eigenvalue weighted by Gasteiger charge is 2.41. The van der Waals surface area contributed by atoms with Crippen molar-refractivity contribution in [3.8, 4) is 5.75 Å². The monoisotopic (exact) mass is 275 g/mol. The molecular weight excluding hydrogens is 258 g/mol. The lowest BCUT2D eigenvalue weighted by Gasteiger charge is -2.38. The molecule has 1 aromatic rings. The number of carbonyl (C=O) groups is 2. The summed E-state index contributed by atoms with van der Waals surface area (Å²) in [4.78, 5) is 23.1. The van der Waals surface area contributed by atoms with E-state index in [1.807, 2.05) is 6.07 Å². The smallest absolute Gasteiger partial charge is 0.306 e. The minimum absolute atomic E-state index is 0.127. The Morgan fingerprint density at radius 2 is 2.00 bits per heavy atom. The minimum Gasteiger partial charge on any atom is -0.485 e. The molecule has 2 N–H and O–H groups in total. The van der Waals surface area contributed by atoms with Crippen LogP contribution in [0.3, 0.4) is 0 Å². The second kappa shape index (κ2) is 4.81. The first-order valence-corrected chi connectivity index (χ1v) is 6.89. The molecule has 1 fully saturated rings. The summed E-state index contributed by atoms with van der Waals surface area (Å²) < 4.78 is 6.11. The Hall–Kier alpha value is -2.04. The molecule has 0 bridgehead atoms. The maximum Gasteiger partial charge on any atom is 0.306 e. The SMILES string of the molecule is O=C1NCC2(CCC(C(=O)O)CC2)Oc2ccccc21. The van der Waals surface area contributed by atoms with Gasteiger partial charge in [-0.25, -0.2) is 0 Å². The van der Waals surface area contributed by atoms with Crippen LogP contribution in [-0.4, -0.2) is 29.1 Å². The Bertz CT molecular complexity index is 547. The van der Waals surface area contributed by atoms with Gasteiger partial charge in [-0.05, 0) is 37.8 Å². The molecule has 2 aliphatic rings. The lowest BCUT2D eigenvalue weighted by atomic mass is 9.78. The maximum atomic E-state index is 12.0. The number of fused-ring (bicyclic) bond motifs is 1. The number of nitrogens with one attached hydrogen (secondary N) is 1. The van der Waals surface area contributed by atoms with Crippen molar-refractivity contribution in [2.75, 3.05) is 6.54 Å². The van der Waals surface area contributed by atoms with Gasteiger partial charge in [0.25, 0.3) is 5.91 Å². The molecule has 0 aromatic heterocycles. The summed E-state index contributed by atoms with van der Waals surface area (Å²) in [5.74, 6) is -0.564. The molecule has 1 aliphatic carbocycles. The molecule has 0 atom stereocenters. The zero-order valence-electron chi connectivity index (χ0n) is 11.1. The highest BCUT2D eigenvalue weighted by Crippen LogP contribution is 2.38. The van der Waals surface area contributed by atoms with Crippen LogP contribution in [0.4, 0.5) is 0 Å². The molecule has 1 aliphatic heterocycles. The van der Waals surface area contributed by atoms with Gasteiger partial charge >= 0.3 is 5.97 Å². The Balaban J connectivity index is 1.83. The zero-order valence-corrected chi connectivity index (χ0v) is 11.1. The molecule has 1 saturated carbocycles. The van der Waals surface area contributed by atoms with Gasteiger partial charge < -0.3 is 15.2 Å². The van der Waals surface area contributed by atoms with Crippen LogP contribution in [0.25, 0.3) is 0 Å². The molecule has 5 heteroatoms. The Kier molecular flexibility index (Phi) is 3.12. The fraction of sp³-hybridized carbons (Fsp3) is 0.467. The summed E-state index contributed by atoms with van der Waals surface area (Å²) in [7, 11) is 0. The summed E-state index contributed by atoms with van der Waals surface area (Å²) in [6.45, 7) is 0.437. The quantitative estimate of drug-likeness (QED) is 0.819. The minimum atomic E-state index is -0.738. The zero-order chi connectivity index (χ0) is 14.2. The second-order valence-corrected chi connectivity index (χ2v) is 5.58. The van der Waals surface area contributed by atoms with Crippen LogP contribution >= 0.6 is 0 Å². The number of benzene rings is 1. The van der Waals surface area contributed by atoms with Crippen molar-refractivity contribution in [3.05, 3.63) is 29.8 Å². The van der Waals surface area contributed by atoms with Crippen LogP contribution in [-0.2, 0) is 4.79 Å². The largest absolute Gasteiger partial charge is 0.485 e. The van der Waals surface area contributed by atoms with Gasteiger partial charge in [0.05, 0.1) is 18.0 Å². The van der Waals surface area contributed by atoms with E-state index in [4.69, 9.17) is 9.84 Å². The molecule has 0 radical (unpaired) electrons. The normalized spacial score (nSPS) is 29.0. The molecule has 0 unspecified atom stereocenters. The third-order valence-electron chi connectivity index (χ3n) is 4.28. The molecule has 0 saturated heterocycles. The Morgan fingerprint density at radius 1 is 1.30 bits per heavy atom. The van der Waals surface area contributed by atoms with Crippen molar-refractivity contribution in [3.63, 3.8) is 0 Å². The predicted octanol–water partition coefficient (Wildman–Crippen LogP) is 1.82. The summed E-state index contributed by atoms with van der Waals surface area (Å²) >= 11 is 0. The van der Waals surface area contributed by atoms with E-state index in [0.717, 1.165) is 0 Å². The Labute approximate surface area is 116 Å². The predicted molar refractivity (Wildman–Crippen MR) is 71.7 cm³/mol. The van der Waals surface area contributed by atoms with Gasteiger partial charge in [-0.1, -0.05) is 12.1 Å². The second-order valence-electron chi connectivity index (χ2n) is 5.58. The number of hydrogen-bond acceptors (Lipinski definition) is 3. The lowest BCUT2D eigenvalue weighted by molar-refractivity contribution is -0.144. The van der Waals surface area contributed by atoms with Crippen LogP contribution in [0.5, 0.6) is 5.75 Å². The van der Waals surface area contributed by atoms with Crippen LogP contribution in [0, 0.1) is 5.92 Å². The highest BCUT2D eigenvalue weighted by molar-refractivity contribution is 5.97. The number of carboxylic acid groups (broad SMARTS) is 1. The topological polar surface area (TPSA) is 75.6 Å². The Morgan fingerprint density at radius 3 is 2.70 bits per heavy atom. The van der Waals surface area contributed by atoms with Crippen molar-refractivity contribution in [1.82, 2.24) is 5.32 Å². The molecule has 3 rings (SSSR count). The first-order valence-electron chi connectivity index (χ1n) is 6.89. The molecular formula is C15H17NO4. The van der Waals surface area contributed by atoms with Crippen LogP contribution < -0.4 is 10.1 Å². The van der Waals surface area contributed by atoms with E-state index >= 15 is 0 Å². The highest BCUT2D eigenvalue weighted by atomic mass is 16.5. The van der Waals surface area contributed by atoms with E-state index in [1.165, 1.54) is 0 Å². The molecule has 1 heterocycles. The van der Waals surface area contributed by atoms with E-state index < -0.39 is 11.6 Å². The summed E-state index contributed by atoms with van der Waals surface area (Å²) in [6.07, 6.45) is 2.48. The third-order valence-corrected chi connectivity index (χ3v) is 4.28. The van der Waals surface area contributed by atoms with Crippen molar-refractivity contribution >= 4 is 11.9 Å². The molecule has 1 spiro atoms. The van der Waals surface area contributed by atoms with Crippen LogP contribution in [0.2, 0.25) is 0 Å². The van der Waals surface area contributed by atoms with Crippen molar-refractivity contribution in [2.24, 2.45) is 5.92 Å². The summed E-state index contributed by atoms with van der Waals surface area (Å²) in [5.41, 5.74) is 0.0820. The van der Waals surface area contributed by atoms with E-state index in [2.05, 4.69) is 5.32 Å². The summed E-state index contributed by atoms with van der Waals surface area (Å²) in [5, 5.41) is 12.0. The van der Waals surface area contributed by atoms with Crippen LogP contribution in [0.1, 0.15) is 36.0 Å². The molecule has 1 amide bonds. The van der Waals surface area contributed by atoms with E-state index in [1.54, 1.807) is 18.2 Å². The van der Waals surface area contributed by atoms with Gasteiger partial charge in [0.1, 0.15) is 11.4 Å². The van der Waals surface area contributed by atoms with Gasteiger partial charge in [0.15, 0.2) is 0 Å². The average molecular weight is 275 g/mol. The molecule has 1 aromatic carbocycles. The van der Waals surface area contributed by atoms with E-state index in [0.29, 0.717) is 43.5 Å². The number of carboxylic acids is 1. The number of para-hydroxylation sites is 1. The first-order chi connectivity index (χ1) is 9.60. The molecule has 106 valence electrons. The number of amides is 1. The van der Waals surface area contributed by atoms with Gasteiger partial charge in [0, 0.05) is 0 Å². The maximum absolute atomic E-state index is 12.0. The van der Waals surface area contributed by atoms with Gasteiger partial charge in [-0.3, -0.25) is 9.59 Å². The fourth-order valence-corrected chi connectivity index (χ4v) is 3.02. The molecule has 20 heavy (non-hydrogen) atoms. The van der Waals surface area contributed by atoms with Crippen molar-refractivity contribution in [1.29, 1.82) is 0 Å². The van der Waals surface area contributed by atoms with E-state index in [9.17, 15) is 9.59 Å². The van der Waals surface area contributed by atoms with Crippen molar-refractivity contribution < 1.29 is 19.4 Å². The fourth-order valence-electron chi connectivity index (χ4n) is 3.02. The number of aliphatic carboxylic acids is 1. The lowest BCUT2D eigenvalue weighted by Crippen LogP contribution is -2.48. The van der Waals surface area contributed by atoms with E-state index in [-0.39, 0.29) is 11.8 Å². The first kappa shape index (κ1) is 13.0. The van der Waals surface area contributed by atoms with Gasteiger partial charge in [0.2, 0.25) is 0 Å². The molecule has 5 nitrogen and oxygen atoms in total. The summed E-state index contributed by atoms with van der Waals surface area (Å²) in [6, 6.07) is 7.19. The standard InChI is InChI=1S/C15H17NO4/c17-13-11-3-1-2-4-12(11)20-15(9-16-13)7-5-10(6-8-15)14(18)19/h1-4,10H,5-9H2,(H,16,17)(H,18,19).